The molecule has 6 heteroatoms. The smallest absolute Gasteiger partial charge is 0.251 e. The molecular formula is C16H21N3O3. The van der Waals surface area contributed by atoms with Crippen molar-refractivity contribution in [1.82, 2.24) is 10.6 Å². The lowest BCUT2D eigenvalue weighted by atomic mass is 10.0. The van der Waals surface area contributed by atoms with Crippen molar-refractivity contribution in [3.63, 3.8) is 0 Å². The molecule has 0 saturated heterocycles. The maximum Gasteiger partial charge on any atom is 0.251 e. The summed E-state index contributed by atoms with van der Waals surface area (Å²) in [7, 11) is 1.55. The molecule has 0 radical (unpaired) electrons. The van der Waals surface area contributed by atoms with E-state index in [1.165, 1.54) is 0 Å². The summed E-state index contributed by atoms with van der Waals surface area (Å²) >= 11 is 0. The van der Waals surface area contributed by atoms with Crippen LogP contribution >= 0.6 is 0 Å². The zero-order valence-corrected chi connectivity index (χ0v) is 13.1. The molecule has 0 fully saturated rings. The van der Waals surface area contributed by atoms with E-state index in [0.29, 0.717) is 17.7 Å². The van der Waals surface area contributed by atoms with E-state index in [4.69, 9.17) is 10.00 Å². The summed E-state index contributed by atoms with van der Waals surface area (Å²) in [5, 5.41) is 13.7. The number of nitrogens with one attached hydrogen (secondary N) is 2. The molecule has 0 aliphatic carbocycles. The molecule has 2 N–H and O–H groups in total. The molecule has 0 aliphatic rings. The second-order valence-electron chi connectivity index (χ2n) is 5.26. The number of carbonyl (C=O) groups excluding carboxylic acids is 2. The lowest BCUT2D eigenvalue weighted by Crippen LogP contribution is -2.47. The van der Waals surface area contributed by atoms with E-state index in [-0.39, 0.29) is 24.3 Å². The fourth-order valence-electron chi connectivity index (χ4n) is 1.94. The molecule has 0 bridgehead atoms. The Morgan fingerprint density at radius 3 is 2.41 bits per heavy atom. The molecule has 0 spiro atoms. The summed E-state index contributed by atoms with van der Waals surface area (Å²) in [5.41, 5.74) is 0.447. The van der Waals surface area contributed by atoms with Crippen molar-refractivity contribution in [3.8, 4) is 11.8 Å². The first-order chi connectivity index (χ1) is 10.5. The molecular weight excluding hydrogens is 282 g/mol. The Morgan fingerprint density at radius 2 is 1.91 bits per heavy atom. The van der Waals surface area contributed by atoms with Gasteiger partial charge in [0.05, 0.1) is 13.2 Å². The second kappa shape index (κ2) is 8.67. The number of hydrogen-bond donors (Lipinski definition) is 2. The minimum absolute atomic E-state index is 0.0775. The molecule has 0 heterocycles. The highest BCUT2D eigenvalue weighted by Gasteiger charge is 2.22. The molecule has 0 aliphatic heterocycles. The molecule has 0 saturated carbocycles. The third kappa shape index (κ3) is 5.44. The van der Waals surface area contributed by atoms with Crippen LogP contribution in [0.25, 0.3) is 0 Å². The monoisotopic (exact) mass is 303 g/mol. The summed E-state index contributed by atoms with van der Waals surface area (Å²) in [6, 6.07) is 7.81. The Morgan fingerprint density at radius 1 is 1.27 bits per heavy atom. The van der Waals surface area contributed by atoms with Crippen LogP contribution in [0.1, 0.15) is 30.6 Å². The van der Waals surface area contributed by atoms with Gasteiger partial charge in [-0.25, -0.2) is 0 Å². The number of hydrogen-bond acceptors (Lipinski definition) is 4. The van der Waals surface area contributed by atoms with Crippen LogP contribution < -0.4 is 15.4 Å². The van der Waals surface area contributed by atoms with E-state index in [1.54, 1.807) is 31.4 Å². The molecule has 22 heavy (non-hydrogen) atoms. The molecule has 1 rings (SSSR count). The van der Waals surface area contributed by atoms with E-state index in [1.807, 2.05) is 19.9 Å². The third-order valence-corrected chi connectivity index (χ3v) is 3.02. The van der Waals surface area contributed by atoms with Crippen LogP contribution in [0.4, 0.5) is 0 Å². The van der Waals surface area contributed by atoms with Crippen molar-refractivity contribution in [3.05, 3.63) is 29.8 Å². The van der Waals surface area contributed by atoms with E-state index in [2.05, 4.69) is 10.6 Å². The van der Waals surface area contributed by atoms with Gasteiger partial charge in [-0.2, -0.15) is 5.26 Å². The van der Waals surface area contributed by atoms with Crippen LogP contribution in [0.15, 0.2) is 24.3 Å². The van der Waals surface area contributed by atoms with Gasteiger partial charge in [0.2, 0.25) is 5.91 Å². The maximum absolute atomic E-state index is 12.2. The predicted molar refractivity (Wildman–Crippen MR) is 82.3 cm³/mol. The van der Waals surface area contributed by atoms with Crippen LogP contribution in [-0.2, 0) is 4.79 Å². The van der Waals surface area contributed by atoms with E-state index >= 15 is 0 Å². The Hall–Kier alpha value is -2.55. The minimum atomic E-state index is -0.664. The van der Waals surface area contributed by atoms with Gasteiger partial charge in [-0.15, -0.1) is 0 Å². The van der Waals surface area contributed by atoms with Crippen LogP contribution in [0, 0.1) is 17.2 Å². The molecule has 118 valence electrons. The molecule has 0 aromatic heterocycles. The second-order valence-corrected chi connectivity index (χ2v) is 5.26. The molecule has 1 atom stereocenters. The van der Waals surface area contributed by atoms with Gasteiger partial charge >= 0.3 is 0 Å². The summed E-state index contributed by atoms with van der Waals surface area (Å²) in [5.74, 6) is 0.202. The Labute approximate surface area is 130 Å². The predicted octanol–water partition coefficient (Wildman–Crippen LogP) is 1.48. The van der Waals surface area contributed by atoms with Gasteiger partial charge in [-0.3, -0.25) is 9.59 Å². The summed E-state index contributed by atoms with van der Waals surface area (Å²) in [6.45, 7) is 3.85. The van der Waals surface area contributed by atoms with Crippen molar-refractivity contribution in [2.75, 3.05) is 13.7 Å². The topological polar surface area (TPSA) is 91.2 Å². The number of amides is 2. The lowest BCUT2D eigenvalue weighted by Gasteiger charge is -2.19. The summed E-state index contributed by atoms with van der Waals surface area (Å²) < 4.78 is 5.04. The third-order valence-electron chi connectivity index (χ3n) is 3.02. The normalized spacial score (nSPS) is 11.4. The SMILES string of the molecule is COc1ccc(C(=O)NC(CC(C)C)C(=O)NCC#N)cc1. The number of rotatable bonds is 7. The number of methoxy groups -OCH3 is 1. The zero-order valence-electron chi connectivity index (χ0n) is 13.1. The molecule has 2 amide bonds. The van der Waals surface area contributed by atoms with Crippen LogP contribution in [-0.4, -0.2) is 31.5 Å². The number of benzene rings is 1. The van der Waals surface area contributed by atoms with Crippen LogP contribution in [0.3, 0.4) is 0 Å². The minimum Gasteiger partial charge on any atom is -0.497 e. The number of carbonyl (C=O) groups is 2. The largest absolute Gasteiger partial charge is 0.497 e. The van der Waals surface area contributed by atoms with Gasteiger partial charge in [-0.05, 0) is 36.6 Å². The van der Waals surface area contributed by atoms with Gasteiger partial charge in [-0.1, -0.05) is 13.8 Å². The van der Waals surface area contributed by atoms with Crippen molar-refractivity contribution >= 4 is 11.8 Å². The van der Waals surface area contributed by atoms with Crippen LogP contribution in [0.5, 0.6) is 5.75 Å². The van der Waals surface area contributed by atoms with Gasteiger partial charge in [0, 0.05) is 5.56 Å². The van der Waals surface area contributed by atoms with E-state index < -0.39 is 6.04 Å². The first-order valence-electron chi connectivity index (χ1n) is 7.07. The fraction of sp³-hybridized carbons (Fsp3) is 0.438. The Balaban J connectivity index is 2.76. The average Bonchev–Trinajstić information content (AvgIpc) is 2.51. The highest BCUT2D eigenvalue weighted by Crippen LogP contribution is 2.12. The first-order valence-corrected chi connectivity index (χ1v) is 7.07. The highest BCUT2D eigenvalue weighted by molar-refractivity contribution is 5.97. The van der Waals surface area contributed by atoms with Gasteiger partial charge in [0.15, 0.2) is 0 Å². The van der Waals surface area contributed by atoms with Gasteiger partial charge in [0.1, 0.15) is 18.3 Å². The standard InChI is InChI=1S/C16H21N3O3/c1-11(2)10-14(16(21)18-9-8-17)19-15(20)12-4-6-13(22-3)7-5-12/h4-7,11,14H,9-10H2,1-3H3,(H,18,21)(H,19,20). The van der Waals surface area contributed by atoms with Crippen molar-refractivity contribution in [2.45, 2.75) is 26.3 Å². The van der Waals surface area contributed by atoms with Crippen molar-refractivity contribution in [1.29, 1.82) is 5.26 Å². The number of nitrogens with zero attached hydrogens (tertiary/aromatic N) is 1. The Bertz CT molecular complexity index is 547. The highest BCUT2D eigenvalue weighted by atomic mass is 16.5. The number of ether oxygens (including phenoxy) is 1. The quantitative estimate of drug-likeness (QED) is 0.746. The molecule has 6 nitrogen and oxygen atoms in total. The average molecular weight is 303 g/mol. The summed E-state index contributed by atoms with van der Waals surface area (Å²) in [6.07, 6.45) is 0.499. The van der Waals surface area contributed by atoms with Gasteiger partial charge < -0.3 is 15.4 Å². The zero-order chi connectivity index (χ0) is 16.5. The fourth-order valence-corrected chi connectivity index (χ4v) is 1.94. The molecule has 1 unspecified atom stereocenters. The first kappa shape index (κ1) is 17.5. The summed E-state index contributed by atoms with van der Waals surface area (Å²) in [4.78, 5) is 24.2. The molecule has 1 aromatic rings. The van der Waals surface area contributed by atoms with Crippen LogP contribution in [0.2, 0.25) is 0 Å². The van der Waals surface area contributed by atoms with Crippen molar-refractivity contribution < 1.29 is 14.3 Å². The Kier molecular flexibility index (Phi) is 6.90. The van der Waals surface area contributed by atoms with E-state index in [0.717, 1.165) is 0 Å². The maximum atomic E-state index is 12.2. The van der Waals surface area contributed by atoms with E-state index in [9.17, 15) is 9.59 Å². The van der Waals surface area contributed by atoms with Crippen molar-refractivity contribution in [2.24, 2.45) is 5.92 Å². The number of nitriles is 1. The molecule has 1 aromatic carbocycles. The lowest BCUT2D eigenvalue weighted by molar-refractivity contribution is -0.123. The van der Waals surface area contributed by atoms with Gasteiger partial charge in [0.25, 0.3) is 5.91 Å².